The van der Waals surface area contributed by atoms with E-state index in [1.165, 1.54) is 0 Å². The minimum Gasteiger partial charge on any atom is -0.444 e. The van der Waals surface area contributed by atoms with Crippen LogP contribution in [-0.4, -0.2) is 73.5 Å². The van der Waals surface area contributed by atoms with Gasteiger partial charge in [-0.1, -0.05) is 81.4 Å². The monoisotopic (exact) mass is 577 g/mol. The molecule has 2 aromatic carbocycles. The van der Waals surface area contributed by atoms with Gasteiger partial charge in [0.05, 0.1) is 30.0 Å². The van der Waals surface area contributed by atoms with Crippen LogP contribution in [0.2, 0.25) is 0 Å². The highest BCUT2D eigenvalue weighted by Gasteiger charge is 2.29. The van der Waals surface area contributed by atoms with Crippen molar-refractivity contribution in [2.45, 2.75) is 84.3 Å². The highest BCUT2D eigenvalue weighted by molar-refractivity contribution is 7.89. The number of ether oxygens (including phenoxy) is 1. The van der Waals surface area contributed by atoms with Crippen LogP contribution in [0, 0.1) is 5.41 Å². The summed E-state index contributed by atoms with van der Waals surface area (Å²) in [6, 6.07) is 17.4. The van der Waals surface area contributed by atoms with Crippen molar-refractivity contribution >= 4 is 16.1 Å². The third-order valence-electron chi connectivity index (χ3n) is 5.89. The second-order valence-electron chi connectivity index (χ2n) is 12.5. The van der Waals surface area contributed by atoms with Crippen LogP contribution in [0.25, 0.3) is 0 Å². The van der Waals surface area contributed by atoms with E-state index >= 15 is 0 Å². The minimum atomic E-state index is -3.67. The zero-order valence-corrected chi connectivity index (χ0v) is 25.4. The smallest absolute Gasteiger partial charge is 0.407 e. The Morgan fingerprint density at radius 3 is 1.70 bits per heavy atom. The highest BCUT2D eigenvalue weighted by Crippen LogP contribution is 2.17. The zero-order chi connectivity index (χ0) is 30.0. The second-order valence-corrected chi connectivity index (χ2v) is 14.2. The van der Waals surface area contributed by atoms with Crippen molar-refractivity contribution in [3.63, 3.8) is 0 Å². The zero-order valence-electron chi connectivity index (χ0n) is 24.6. The molecular weight excluding hydrogens is 530 g/mol. The topological polar surface area (TPSA) is 137 Å². The fraction of sp³-hybridized carbons (Fsp3) is 0.567. The largest absolute Gasteiger partial charge is 0.444 e. The number of amides is 1. The van der Waals surface area contributed by atoms with Crippen LogP contribution < -0.4 is 15.4 Å². The fourth-order valence-electron chi connectivity index (χ4n) is 4.24. The van der Waals surface area contributed by atoms with Crippen molar-refractivity contribution in [1.29, 1.82) is 0 Å². The molecule has 2 rings (SSSR count). The van der Waals surface area contributed by atoms with E-state index in [1.54, 1.807) is 20.8 Å². The summed E-state index contributed by atoms with van der Waals surface area (Å²) in [6.45, 7) is 10.9. The molecule has 0 bridgehead atoms. The van der Waals surface area contributed by atoms with E-state index in [2.05, 4.69) is 15.4 Å². The Kier molecular flexibility index (Phi) is 12.6. The third kappa shape index (κ3) is 13.7. The Hall–Kier alpha value is -2.50. The van der Waals surface area contributed by atoms with E-state index in [9.17, 15) is 23.4 Å². The standard InChI is InChI=1S/C30H47N3O6S/c1-29(2,3)21-40(37,38)33-25(18-23-15-11-8-12-16-23)27(35)20-31-19-26(34)24(17-22-13-9-7-10-14-22)32-28(36)39-30(4,5)6/h7-16,24-27,31,33-35H,17-21H2,1-6H3,(H,32,36)/t24-,25-,26+,27+/m0/s1. The van der Waals surface area contributed by atoms with Crippen LogP contribution in [0.15, 0.2) is 60.7 Å². The number of sulfonamides is 1. The summed E-state index contributed by atoms with van der Waals surface area (Å²) < 4.78 is 33.8. The Morgan fingerprint density at radius 2 is 1.25 bits per heavy atom. The molecule has 0 aliphatic carbocycles. The number of aliphatic hydroxyl groups is 2. The SMILES string of the molecule is CC(C)(C)CS(=O)(=O)N[C@@H](Cc1ccccc1)[C@H](O)CNC[C@@H](O)[C@H](Cc1ccccc1)NC(=O)OC(C)(C)C. The molecule has 1 amide bonds. The summed E-state index contributed by atoms with van der Waals surface area (Å²) in [7, 11) is -3.67. The van der Waals surface area contributed by atoms with Gasteiger partial charge in [0.1, 0.15) is 5.60 Å². The van der Waals surface area contributed by atoms with Crippen molar-refractivity contribution < 1.29 is 28.2 Å². The molecule has 0 saturated heterocycles. The maximum Gasteiger partial charge on any atom is 0.407 e. The van der Waals surface area contributed by atoms with E-state index in [0.717, 1.165) is 11.1 Å². The average Bonchev–Trinajstić information content (AvgIpc) is 2.81. The van der Waals surface area contributed by atoms with Gasteiger partial charge in [-0.25, -0.2) is 17.9 Å². The lowest BCUT2D eigenvalue weighted by Crippen LogP contribution is -2.53. The molecule has 10 heteroatoms. The lowest BCUT2D eigenvalue weighted by atomic mass is 10.0. The predicted molar refractivity (Wildman–Crippen MR) is 158 cm³/mol. The molecule has 224 valence electrons. The Balaban J connectivity index is 2.07. The van der Waals surface area contributed by atoms with Crippen molar-refractivity contribution in [1.82, 2.24) is 15.4 Å². The van der Waals surface area contributed by atoms with Crippen LogP contribution >= 0.6 is 0 Å². The van der Waals surface area contributed by atoms with Crippen molar-refractivity contribution in [2.75, 3.05) is 18.8 Å². The van der Waals surface area contributed by atoms with Gasteiger partial charge < -0.3 is 25.6 Å². The first-order valence-electron chi connectivity index (χ1n) is 13.7. The van der Waals surface area contributed by atoms with Crippen LogP contribution in [0.5, 0.6) is 0 Å². The summed E-state index contributed by atoms with van der Waals surface area (Å²) >= 11 is 0. The van der Waals surface area contributed by atoms with Gasteiger partial charge in [-0.15, -0.1) is 0 Å². The lowest BCUT2D eigenvalue weighted by molar-refractivity contribution is 0.0416. The quantitative estimate of drug-likeness (QED) is 0.233. The first kappa shape index (κ1) is 33.7. The van der Waals surface area contributed by atoms with Gasteiger partial charge in [0.25, 0.3) is 0 Å². The molecule has 2 aromatic rings. The second kappa shape index (κ2) is 14.9. The number of hydrogen-bond acceptors (Lipinski definition) is 7. The molecule has 4 atom stereocenters. The molecule has 40 heavy (non-hydrogen) atoms. The van der Waals surface area contributed by atoms with E-state index < -0.39 is 51.4 Å². The fourth-order valence-corrected chi connectivity index (χ4v) is 6.17. The highest BCUT2D eigenvalue weighted by atomic mass is 32.2. The third-order valence-corrected chi connectivity index (χ3v) is 7.80. The first-order valence-corrected chi connectivity index (χ1v) is 15.3. The molecule has 0 aromatic heterocycles. The van der Waals surface area contributed by atoms with Gasteiger partial charge in [-0.2, -0.15) is 0 Å². The average molecular weight is 578 g/mol. The van der Waals surface area contributed by atoms with Crippen molar-refractivity contribution in [2.24, 2.45) is 5.41 Å². The maximum atomic E-state index is 12.9. The van der Waals surface area contributed by atoms with Gasteiger partial charge in [-0.05, 0) is 50.2 Å². The van der Waals surface area contributed by atoms with Crippen LogP contribution in [0.3, 0.4) is 0 Å². The number of carbonyl (C=O) groups is 1. The van der Waals surface area contributed by atoms with E-state index in [-0.39, 0.29) is 18.8 Å². The minimum absolute atomic E-state index is 0.0249. The summed E-state index contributed by atoms with van der Waals surface area (Å²) in [5.41, 5.74) is 0.669. The van der Waals surface area contributed by atoms with Crippen molar-refractivity contribution in [3.8, 4) is 0 Å². The number of alkyl carbamates (subject to hydrolysis) is 1. The Morgan fingerprint density at radius 1 is 0.800 bits per heavy atom. The molecule has 5 N–H and O–H groups in total. The molecule has 0 aliphatic heterocycles. The van der Waals surface area contributed by atoms with E-state index in [4.69, 9.17) is 4.74 Å². The van der Waals surface area contributed by atoms with E-state index in [0.29, 0.717) is 12.8 Å². The Labute approximate surface area is 239 Å². The summed E-state index contributed by atoms with van der Waals surface area (Å²) in [5, 5.41) is 27.8. The maximum absolute atomic E-state index is 12.9. The normalized spacial score (nSPS) is 15.6. The molecule has 0 spiro atoms. The number of aliphatic hydroxyl groups excluding tert-OH is 2. The van der Waals surface area contributed by atoms with Gasteiger partial charge in [0, 0.05) is 13.1 Å². The Bertz CT molecular complexity index is 1130. The summed E-state index contributed by atoms with van der Waals surface area (Å²) in [6.07, 6.45) is -2.05. The lowest BCUT2D eigenvalue weighted by Gasteiger charge is -2.29. The molecular formula is C30H47N3O6S. The molecule has 0 radical (unpaired) electrons. The molecule has 0 aliphatic rings. The predicted octanol–water partition coefficient (Wildman–Crippen LogP) is 3.01. The molecule has 0 heterocycles. The molecule has 9 nitrogen and oxygen atoms in total. The number of rotatable bonds is 14. The molecule has 0 fully saturated rings. The van der Waals surface area contributed by atoms with Crippen LogP contribution in [0.1, 0.15) is 52.7 Å². The van der Waals surface area contributed by atoms with Crippen LogP contribution in [0.4, 0.5) is 4.79 Å². The number of benzene rings is 2. The van der Waals surface area contributed by atoms with Gasteiger partial charge in [0.2, 0.25) is 10.0 Å². The van der Waals surface area contributed by atoms with E-state index in [1.807, 2.05) is 81.4 Å². The van der Waals surface area contributed by atoms with Crippen LogP contribution in [-0.2, 0) is 27.6 Å². The van der Waals surface area contributed by atoms with Gasteiger partial charge >= 0.3 is 6.09 Å². The number of nitrogens with one attached hydrogen (secondary N) is 3. The summed E-state index contributed by atoms with van der Waals surface area (Å²) in [4.78, 5) is 12.5. The number of hydrogen-bond donors (Lipinski definition) is 5. The van der Waals surface area contributed by atoms with Gasteiger partial charge in [0.15, 0.2) is 0 Å². The number of carbonyl (C=O) groups excluding carboxylic acids is 1. The summed E-state index contributed by atoms with van der Waals surface area (Å²) in [5.74, 6) is -0.0817. The van der Waals surface area contributed by atoms with Crippen molar-refractivity contribution in [3.05, 3.63) is 71.8 Å². The first-order chi connectivity index (χ1) is 18.5. The molecule has 0 saturated carbocycles. The van der Waals surface area contributed by atoms with Gasteiger partial charge in [-0.3, -0.25) is 0 Å². The molecule has 0 unspecified atom stereocenters.